The van der Waals surface area contributed by atoms with E-state index >= 15 is 0 Å². The summed E-state index contributed by atoms with van der Waals surface area (Å²) >= 11 is 12.0. The highest BCUT2D eigenvalue weighted by Crippen LogP contribution is 2.28. The molecule has 0 saturated carbocycles. The molecule has 1 aromatic carbocycles. The number of nitrogen functional groups attached to an aromatic ring is 1. The summed E-state index contributed by atoms with van der Waals surface area (Å²) in [5.74, 6) is -0.286. The smallest absolute Gasteiger partial charge is 0.309 e. The van der Waals surface area contributed by atoms with Crippen molar-refractivity contribution < 1.29 is 9.53 Å². The molecular weight excluding hydrogens is 261 g/mol. The number of carbonyl (C=O) groups excluding carboxylic acids is 1. The first kappa shape index (κ1) is 13.9. The van der Waals surface area contributed by atoms with Crippen molar-refractivity contribution in [2.24, 2.45) is 0 Å². The van der Waals surface area contributed by atoms with Crippen LogP contribution in [0.1, 0.15) is 18.9 Å². The Bertz CT molecular complexity index is 421. The number of nitrogens with two attached hydrogens (primary N) is 1. The summed E-state index contributed by atoms with van der Waals surface area (Å²) in [6, 6.07) is 3.22. The molecule has 17 heavy (non-hydrogen) atoms. The van der Waals surface area contributed by atoms with Gasteiger partial charge in [-0.15, -0.1) is 0 Å². The highest BCUT2D eigenvalue weighted by atomic mass is 35.5. The van der Waals surface area contributed by atoms with Crippen LogP contribution in [0.4, 0.5) is 5.69 Å². The maximum Gasteiger partial charge on any atom is 0.309 e. The summed E-state index contributed by atoms with van der Waals surface area (Å²) < 4.78 is 4.78. The minimum atomic E-state index is -0.286. The van der Waals surface area contributed by atoms with E-state index in [-0.39, 0.29) is 12.4 Å². The van der Waals surface area contributed by atoms with Gasteiger partial charge in [-0.2, -0.15) is 0 Å². The Morgan fingerprint density at radius 3 is 2.53 bits per heavy atom. The van der Waals surface area contributed by atoms with Crippen molar-refractivity contribution in [3.63, 3.8) is 0 Å². The van der Waals surface area contributed by atoms with Crippen molar-refractivity contribution in [1.82, 2.24) is 0 Å². The van der Waals surface area contributed by atoms with Crippen LogP contribution in [0.25, 0.3) is 6.08 Å². The predicted molar refractivity (Wildman–Crippen MR) is 71.2 cm³/mol. The second-order valence-corrected chi connectivity index (χ2v) is 4.12. The van der Waals surface area contributed by atoms with Gasteiger partial charge in [0, 0.05) is 11.3 Å². The summed E-state index contributed by atoms with van der Waals surface area (Å²) in [5.41, 5.74) is 6.73. The van der Waals surface area contributed by atoms with Gasteiger partial charge in [-0.25, -0.2) is 0 Å². The van der Waals surface area contributed by atoms with Crippen molar-refractivity contribution in [1.29, 1.82) is 0 Å². The lowest BCUT2D eigenvalue weighted by atomic mass is 10.2. The van der Waals surface area contributed by atoms with Crippen LogP contribution in [-0.4, -0.2) is 12.6 Å². The third kappa shape index (κ3) is 4.29. The topological polar surface area (TPSA) is 52.3 Å². The quantitative estimate of drug-likeness (QED) is 0.674. The van der Waals surface area contributed by atoms with Crippen LogP contribution >= 0.6 is 23.2 Å². The van der Waals surface area contributed by atoms with Gasteiger partial charge in [0.2, 0.25) is 0 Å². The first-order chi connectivity index (χ1) is 8.04. The molecular formula is C12H13Cl2NO2. The lowest BCUT2D eigenvalue weighted by molar-refractivity contribution is -0.142. The van der Waals surface area contributed by atoms with Crippen LogP contribution in [0.15, 0.2) is 18.2 Å². The van der Waals surface area contributed by atoms with Gasteiger partial charge in [0.1, 0.15) is 0 Å². The van der Waals surface area contributed by atoms with Crippen molar-refractivity contribution in [2.75, 3.05) is 12.3 Å². The molecule has 0 radical (unpaired) electrons. The zero-order chi connectivity index (χ0) is 12.8. The Morgan fingerprint density at radius 1 is 1.41 bits per heavy atom. The van der Waals surface area contributed by atoms with E-state index in [9.17, 15) is 4.79 Å². The van der Waals surface area contributed by atoms with E-state index in [0.717, 1.165) is 0 Å². The van der Waals surface area contributed by atoms with Crippen LogP contribution < -0.4 is 5.73 Å². The minimum Gasteiger partial charge on any atom is -0.466 e. The third-order valence-electron chi connectivity index (χ3n) is 1.98. The van der Waals surface area contributed by atoms with Crippen molar-refractivity contribution in [2.45, 2.75) is 13.3 Å². The molecule has 3 nitrogen and oxygen atoms in total. The van der Waals surface area contributed by atoms with Crippen LogP contribution in [0.3, 0.4) is 0 Å². The highest BCUT2D eigenvalue weighted by Gasteiger charge is 2.04. The predicted octanol–water partition coefficient (Wildman–Crippen LogP) is 3.54. The van der Waals surface area contributed by atoms with Gasteiger partial charge in [0.05, 0.1) is 23.1 Å². The maximum atomic E-state index is 11.1. The fourth-order valence-corrected chi connectivity index (χ4v) is 1.89. The Hall–Kier alpha value is -1.19. The summed E-state index contributed by atoms with van der Waals surface area (Å²) in [6.07, 6.45) is 3.52. The number of hydrogen-bond donors (Lipinski definition) is 1. The third-order valence-corrected chi connectivity index (χ3v) is 2.60. The molecule has 0 saturated heterocycles. The zero-order valence-electron chi connectivity index (χ0n) is 9.37. The van der Waals surface area contributed by atoms with Crippen LogP contribution in [-0.2, 0) is 9.53 Å². The Labute approximate surface area is 110 Å². The molecule has 0 fully saturated rings. The molecule has 2 N–H and O–H groups in total. The SMILES string of the molecule is CCOC(=O)CC=Cc1c(Cl)cc(N)cc1Cl. The second kappa shape index (κ2) is 6.52. The van der Waals surface area contributed by atoms with E-state index < -0.39 is 0 Å². The fourth-order valence-electron chi connectivity index (χ4n) is 1.26. The molecule has 1 aromatic rings. The Kier molecular flexibility index (Phi) is 5.32. The van der Waals surface area contributed by atoms with Gasteiger partial charge in [0.25, 0.3) is 0 Å². The van der Waals surface area contributed by atoms with Gasteiger partial charge < -0.3 is 10.5 Å². The summed E-state index contributed by atoms with van der Waals surface area (Å²) in [5, 5.41) is 0.908. The Morgan fingerprint density at radius 2 is 2.00 bits per heavy atom. The summed E-state index contributed by atoms with van der Waals surface area (Å²) in [6.45, 7) is 2.13. The lowest BCUT2D eigenvalue weighted by Gasteiger charge is -2.03. The molecule has 0 aromatic heterocycles. The average molecular weight is 274 g/mol. The maximum absolute atomic E-state index is 11.1. The number of esters is 1. The minimum absolute atomic E-state index is 0.185. The fraction of sp³-hybridized carbons (Fsp3) is 0.250. The molecule has 5 heteroatoms. The van der Waals surface area contributed by atoms with Gasteiger partial charge in [-0.3, -0.25) is 4.79 Å². The molecule has 0 unspecified atom stereocenters. The van der Waals surface area contributed by atoms with Crippen molar-refractivity contribution in [3.8, 4) is 0 Å². The zero-order valence-corrected chi connectivity index (χ0v) is 10.9. The number of anilines is 1. The number of rotatable bonds is 4. The van der Waals surface area contributed by atoms with Crippen LogP contribution in [0.2, 0.25) is 10.0 Å². The summed E-state index contributed by atoms with van der Waals surface area (Å²) in [4.78, 5) is 11.1. The number of halogens is 2. The molecule has 0 aliphatic carbocycles. The number of hydrogen-bond acceptors (Lipinski definition) is 3. The van der Waals surface area contributed by atoms with Crippen LogP contribution in [0.5, 0.6) is 0 Å². The lowest BCUT2D eigenvalue weighted by Crippen LogP contribution is -2.01. The normalized spacial score (nSPS) is 10.8. The number of ether oxygens (including phenoxy) is 1. The Balaban J connectivity index is 2.75. The molecule has 92 valence electrons. The monoisotopic (exact) mass is 273 g/mol. The molecule has 0 amide bonds. The van der Waals surface area contributed by atoms with E-state index in [1.807, 2.05) is 0 Å². The number of benzene rings is 1. The second-order valence-electron chi connectivity index (χ2n) is 3.31. The summed E-state index contributed by atoms with van der Waals surface area (Å²) in [7, 11) is 0. The van der Waals surface area contributed by atoms with E-state index in [1.165, 1.54) is 0 Å². The molecule has 0 atom stereocenters. The van der Waals surface area contributed by atoms with E-state index in [4.69, 9.17) is 33.7 Å². The van der Waals surface area contributed by atoms with Crippen LogP contribution in [0, 0.1) is 0 Å². The standard InChI is InChI=1S/C12H13Cl2NO2/c1-2-17-12(16)5-3-4-9-10(13)6-8(15)7-11(9)14/h3-4,6-7H,2,5,15H2,1H3. The molecule has 0 heterocycles. The van der Waals surface area contributed by atoms with Gasteiger partial charge in [-0.05, 0) is 19.1 Å². The van der Waals surface area contributed by atoms with E-state index in [1.54, 1.807) is 31.2 Å². The largest absolute Gasteiger partial charge is 0.466 e. The molecule has 0 aliphatic rings. The first-order valence-electron chi connectivity index (χ1n) is 5.11. The molecule has 0 bridgehead atoms. The van der Waals surface area contributed by atoms with Crippen molar-refractivity contribution >= 4 is 40.9 Å². The molecule has 1 rings (SSSR count). The van der Waals surface area contributed by atoms with E-state index in [0.29, 0.717) is 27.9 Å². The number of carbonyl (C=O) groups is 1. The van der Waals surface area contributed by atoms with Gasteiger partial charge in [-0.1, -0.05) is 35.4 Å². The highest BCUT2D eigenvalue weighted by molar-refractivity contribution is 6.37. The van der Waals surface area contributed by atoms with Crippen molar-refractivity contribution in [3.05, 3.63) is 33.8 Å². The average Bonchev–Trinajstić information content (AvgIpc) is 2.22. The first-order valence-corrected chi connectivity index (χ1v) is 5.87. The molecule has 0 aliphatic heterocycles. The van der Waals surface area contributed by atoms with E-state index in [2.05, 4.69) is 0 Å². The van der Waals surface area contributed by atoms with Gasteiger partial charge in [0.15, 0.2) is 0 Å². The molecule has 0 spiro atoms. The van der Waals surface area contributed by atoms with Gasteiger partial charge >= 0.3 is 5.97 Å².